The summed E-state index contributed by atoms with van der Waals surface area (Å²) in [4.78, 5) is 19.3. The molecule has 1 aromatic carbocycles. The summed E-state index contributed by atoms with van der Waals surface area (Å²) in [5, 5.41) is 7.14. The standard InChI is InChI=1S/C19H20F3N5O2/c1-12-23-15-5-3-2-4-14(15)17(28)27(12)10-13-6-8-26(9-7-13)11-16-24-25-18(29-16)19(20,21)22/h2-5,13H,6-11H2,1H3. The molecule has 1 saturated heterocycles. The molecule has 7 nitrogen and oxygen atoms in total. The Balaban J connectivity index is 1.39. The molecule has 0 spiro atoms. The smallest absolute Gasteiger partial charge is 0.416 e. The molecule has 10 heteroatoms. The lowest BCUT2D eigenvalue weighted by Gasteiger charge is -2.31. The zero-order valence-electron chi connectivity index (χ0n) is 15.8. The number of nitrogens with zero attached hydrogens (tertiary/aromatic N) is 5. The maximum Gasteiger partial charge on any atom is 0.470 e. The van der Waals surface area contributed by atoms with E-state index in [9.17, 15) is 18.0 Å². The van der Waals surface area contributed by atoms with Crippen LogP contribution in [0.4, 0.5) is 13.2 Å². The molecule has 1 aliphatic heterocycles. The lowest BCUT2D eigenvalue weighted by Crippen LogP contribution is -2.36. The topological polar surface area (TPSA) is 77.1 Å². The molecule has 1 aliphatic rings. The fraction of sp³-hybridized carbons (Fsp3) is 0.474. The predicted octanol–water partition coefficient (Wildman–Crippen LogP) is 3.02. The van der Waals surface area contributed by atoms with Crippen molar-refractivity contribution in [3.05, 3.63) is 52.2 Å². The number of likely N-dealkylation sites (tertiary alicyclic amines) is 1. The van der Waals surface area contributed by atoms with Crippen molar-refractivity contribution >= 4 is 10.9 Å². The molecule has 2 aromatic heterocycles. The number of hydrogen-bond donors (Lipinski definition) is 0. The first kappa shape index (κ1) is 19.6. The van der Waals surface area contributed by atoms with E-state index in [0.29, 0.717) is 42.3 Å². The average Bonchev–Trinajstić information content (AvgIpc) is 3.15. The number of alkyl halides is 3. The minimum Gasteiger partial charge on any atom is -0.416 e. The highest BCUT2D eigenvalue weighted by Gasteiger charge is 2.38. The van der Waals surface area contributed by atoms with Gasteiger partial charge in [-0.3, -0.25) is 14.3 Å². The quantitative estimate of drug-likeness (QED) is 0.662. The average molecular weight is 407 g/mol. The van der Waals surface area contributed by atoms with Crippen LogP contribution in [0.3, 0.4) is 0 Å². The largest absolute Gasteiger partial charge is 0.470 e. The number of para-hydroxylation sites is 1. The second-order valence-electron chi connectivity index (χ2n) is 7.31. The van der Waals surface area contributed by atoms with Crippen LogP contribution >= 0.6 is 0 Å². The molecule has 4 rings (SSSR count). The van der Waals surface area contributed by atoms with Crippen LogP contribution in [0.2, 0.25) is 0 Å². The van der Waals surface area contributed by atoms with E-state index in [0.717, 1.165) is 12.8 Å². The van der Waals surface area contributed by atoms with E-state index in [2.05, 4.69) is 15.2 Å². The SMILES string of the molecule is Cc1nc2ccccc2c(=O)n1CC1CCN(Cc2nnc(C(F)(F)F)o2)CC1. The Hall–Kier alpha value is -2.75. The molecule has 1 fully saturated rings. The molecular formula is C19H20F3N5O2. The molecule has 0 N–H and O–H groups in total. The third-order valence-corrected chi connectivity index (χ3v) is 5.27. The van der Waals surface area contributed by atoms with Gasteiger partial charge < -0.3 is 4.42 Å². The van der Waals surface area contributed by atoms with E-state index in [-0.39, 0.29) is 18.0 Å². The van der Waals surface area contributed by atoms with Crippen LogP contribution < -0.4 is 5.56 Å². The van der Waals surface area contributed by atoms with Gasteiger partial charge >= 0.3 is 12.1 Å². The Morgan fingerprint density at radius 2 is 1.90 bits per heavy atom. The van der Waals surface area contributed by atoms with Gasteiger partial charge in [0.2, 0.25) is 5.89 Å². The normalized spacial score (nSPS) is 16.6. The van der Waals surface area contributed by atoms with E-state index >= 15 is 0 Å². The van der Waals surface area contributed by atoms with Crippen LogP contribution in [0.5, 0.6) is 0 Å². The van der Waals surface area contributed by atoms with Gasteiger partial charge in [0.1, 0.15) is 5.82 Å². The summed E-state index contributed by atoms with van der Waals surface area (Å²) in [5.41, 5.74) is 0.653. The Kier molecular flexibility index (Phi) is 5.12. The number of aryl methyl sites for hydroxylation is 1. The lowest BCUT2D eigenvalue weighted by molar-refractivity contribution is -0.157. The van der Waals surface area contributed by atoms with Crippen molar-refractivity contribution in [1.82, 2.24) is 24.6 Å². The summed E-state index contributed by atoms with van der Waals surface area (Å²) in [6.45, 7) is 3.96. The maximum absolute atomic E-state index is 12.8. The summed E-state index contributed by atoms with van der Waals surface area (Å²) < 4.78 is 44.1. The van der Waals surface area contributed by atoms with Crippen LogP contribution in [0, 0.1) is 12.8 Å². The van der Waals surface area contributed by atoms with Crippen molar-refractivity contribution in [3.63, 3.8) is 0 Å². The van der Waals surface area contributed by atoms with Gasteiger partial charge in [0.25, 0.3) is 5.56 Å². The minimum absolute atomic E-state index is 0.0402. The first-order valence-corrected chi connectivity index (χ1v) is 9.39. The molecule has 154 valence electrons. The Bertz CT molecular complexity index is 1070. The van der Waals surface area contributed by atoms with E-state index in [1.54, 1.807) is 10.6 Å². The summed E-state index contributed by atoms with van der Waals surface area (Å²) >= 11 is 0. The monoisotopic (exact) mass is 407 g/mol. The Morgan fingerprint density at radius 1 is 1.17 bits per heavy atom. The van der Waals surface area contributed by atoms with Crippen LogP contribution in [0.25, 0.3) is 10.9 Å². The Labute approximate surface area is 164 Å². The summed E-state index contributed by atoms with van der Waals surface area (Å²) in [6, 6.07) is 7.29. The molecule has 29 heavy (non-hydrogen) atoms. The molecule has 0 atom stereocenters. The van der Waals surface area contributed by atoms with Gasteiger partial charge in [0.05, 0.1) is 17.4 Å². The summed E-state index contributed by atoms with van der Waals surface area (Å²) in [6.07, 6.45) is -2.99. The first-order valence-electron chi connectivity index (χ1n) is 9.39. The fourth-order valence-electron chi connectivity index (χ4n) is 3.70. The highest BCUT2D eigenvalue weighted by molar-refractivity contribution is 5.77. The van der Waals surface area contributed by atoms with E-state index < -0.39 is 12.1 Å². The third kappa shape index (κ3) is 4.16. The molecule has 3 heterocycles. The molecule has 3 aromatic rings. The highest BCUT2D eigenvalue weighted by atomic mass is 19.4. The third-order valence-electron chi connectivity index (χ3n) is 5.27. The van der Waals surface area contributed by atoms with Crippen LogP contribution in [-0.2, 0) is 19.3 Å². The number of halogens is 3. The van der Waals surface area contributed by atoms with Gasteiger partial charge in [0, 0.05) is 6.54 Å². The van der Waals surface area contributed by atoms with E-state index in [1.807, 2.05) is 30.0 Å². The number of hydrogen-bond acceptors (Lipinski definition) is 6. The van der Waals surface area contributed by atoms with Crippen molar-refractivity contribution in [2.45, 2.75) is 39.0 Å². The number of aromatic nitrogens is 4. The van der Waals surface area contributed by atoms with Crippen LogP contribution in [-0.4, -0.2) is 37.7 Å². The summed E-state index contributed by atoms with van der Waals surface area (Å²) in [5.74, 6) is -0.386. The number of rotatable bonds is 4. The zero-order valence-corrected chi connectivity index (χ0v) is 15.8. The molecule has 0 radical (unpaired) electrons. The molecule has 0 amide bonds. The number of benzene rings is 1. The van der Waals surface area contributed by atoms with Gasteiger partial charge in [-0.05, 0) is 50.9 Å². The van der Waals surface area contributed by atoms with Crippen LogP contribution in [0.1, 0.15) is 30.4 Å². The molecule has 0 bridgehead atoms. The highest BCUT2D eigenvalue weighted by Crippen LogP contribution is 2.28. The lowest BCUT2D eigenvalue weighted by atomic mass is 9.96. The second-order valence-corrected chi connectivity index (χ2v) is 7.31. The van der Waals surface area contributed by atoms with Crippen molar-refractivity contribution in [2.24, 2.45) is 5.92 Å². The van der Waals surface area contributed by atoms with Gasteiger partial charge in [0.15, 0.2) is 0 Å². The van der Waals surface area contributed by atoms with Crippen molar-refractivity contribution < 1.29 is 17.6 Å². The maximum atomic E-state index is 12.8. The summed E-state index contributed by atoms with van der Waals surface area (Å²) in [7, 11) is 0. The predicted molar refractivity (Wildman–Crippen MR) is 98.0 cm³/mol. The molecular weight excluding hydrogens is 387 g/mol. The van der Waals surface area contributed by atoms with Gasteiger partial charge in [-0.1, -0.05) is 12.1 Å². The Morgan fingerprint density at radius 3 is 2.59 bits per heavy atom. The van der Waals surface area contributed by atoms with Gasteiger partial charge in [-0.2, -0.15) is 13.2 Å². The molecule has 0 saturated carbocycles. The minimum atomic E-state index is -4.63. The fourth-order valence-corrected chi connectivity index (χ4v) is 3.70. The van der Waals surface area contributed by atoms with Crippen LogP contribution in [0.15, 0.2) is 33.5 Å². The molecule has 0 unspecified atom stereocenters. The van der Waals surface area contributed by atoms with E-state index in [4.69, 9.17) is 4.42 Å². The number of piperidine rings is 1. The van der Waals surface area contributed by atoms with Crippen molar-refractivity contribution in [3.8, 4) is 0 Å². The number of fused-ring (bicyclic) bond motifs is 1. The van der Waals surface area contributed by atoms with Crippen molar-refractivity contribution in [1.29, 1.82) is 0 Å². The van der Waals surface area contributed by atoms with Gasteiger partial charge in [-0.15, -0.1) is 10.2 Å². The first-order chi connectivity index (χ1) is 13.8. The van der Waals surface area contributed by atoms with Crippen molar-refractivity contribution in [2.75, 3.05) is 13.1 Å². The second kappa shape index (κ2) is 7.58. The molecule has 0 aliphatic carbocycles. The van der Waals surface area contributed by atoms with Gasteiger partial charge in [-0.25, -0.2) is 4.98 Å². The zero-order chi connectivity index (χ0) is 20.6. The van der Waals surface area contributed by atoms with E-state index in [1.165, 1.54) is 0 Å².